The van der Waals surface area contributed by atoms with Gasteiger partial charge in [0.05, 0.1) is 5.56 Å². The van der Waals surface area contributed by atoms with Crippen LogP contribution in [0.5, 0.6) is 0 Å². The number of hydrogen-bond acceptors (Lipinski definition) is 2. The van der Waals surface area contributed by atoms with Gasteiger partial charge in [-0.05, 0) is 49.2 Å². The topological polar surface area (TPSA) is 42.0 Å². The van der Waals surface area contributed by atoms with Crippen LogP contribution in [0, 0.1) is 19.7 Å². The van der Waals surface area contributed by atoms with Crippen molar-refractivity contribution in [3.8, 4) is 0 Å². The van der Waals surface area contributed by atoms with E-state index in [-0.39, 0.29) is 21.7 Å². The fourth-order valence-corrected chi connectivity index (χ4v) is 2.44. The monoisotopic (exact) mass is 312 g/mol. The van der Waals surface area contributed by atoms with Crippen molar-refractivity contribution in [1.29, 1.82) is 0 Å². The van der Waals surface area contributed by atoms with E-state index in [0.29, 0.717) is 16.8 Å². The highest BCUT2D eigenvalue weighted by Gasteiger charge is 2.16. The van der Waals surface area contributed by atoms with Crippen LogP contribution >= 0.6 is 23.2 Å². The molecule has 0 fully saturated rings. The van der Waals surface area contributed by atoms with E-state index in [9.17, 15) is 9.18 Å². The van der Waals surface area contributed by atoms with Gasteiger partial charge in [-0.2, -0.15) is 0 Å². The van der Waals surface area contributed by atoms with Crippen LogP contribution in [0.3, 0.4) is 0 Å². The minimum absolute atomic E-state index is 0.0345. The van der Waals surface area contributed by atoms with Crippen molar-refractivity contribution in [2.24, 2.45) is 0 Å². The maximum atomic E-state index is 13.0. The van der Waals surface area contributed by atoms with Gasteiger partial charge in [0.15, 0.2) is 0 Å². The third-order valence-corrected chi connectivity index (χ3v) is 3.27. The third-order valence-electron chi connectivity index (χ3n) is 2.80. The molecule has 2 rings (SSSR count). The molecule has 0 aliphatic rings. The van der Waals surface area contributed by atoms with Crippen LogP contribution in [-0.2, 0) is 0 Å². The summed E-state index contributed by atoms with van der Waals surface area (Å²) in [7, 11) is 0. The largest absolute Gasteiger partial charge is 0.322 e. The van der Waals surface area contributed by atoms with Gasteiger partial charge in [-0.15, -0.1) is 0 Å². The zero-order valence-electron chi connectivity index (χ0n) is 10.8. The van der Waals surface area contributed by atoms with Crippen molar-refractivity contribution in [3.63, 3.8) is 0 Å². The summed E-state index contributed by atoms with van der Waals surface area (Å²) in [5.41, 5.74) is 2.00. The average molecular weight is 313 g/mol. The highest BCUT2D eigenvalue weighted by Crippen LogP contribution is 2.23. The first-order valence-corrected chi connectivity index (χ1v) is 6.54. The van der Waals surface area contributed by atoms with Gasteiger partial charge in [-0.25, -0.2) is 9.37 Å². The molecule has 6 heteroatoms. The molecule has 0 aliphatic carbocycles. The second-order valence-corrected chi connectivity index (χ2v) is 5.09. The van der Waals surface area contributed by atoms with Gasteiger partial charge in [0, 0.05) is 5.69 Å². The van der Waals surface area contributed by atoms with Gasteiger partial charge < -0.3 is 5.32 Å². The van der Waals surface area contributed by atoms with Crippen molar-refractivity contribution in [2.45, 2.75) is 13.8 Å². The van der Waals surface area contributed by atoms with Crippen LogP contribution in [0.1, 0.15) is 21.5 Å². The number of halogens is 3. The molecule has 0 saturated heterocycles. The molecule has 1 amide bonds. The standard InChI is InChI=1S/C14H11Cl2FN2O/c1-7-5-9(17)3-4-10(7)18-14(20)12-8(2)6-11(15)19-13(12)16/h3-6H,1-2H3,(H,18,20). The van der Waals surface area contributed by atoms with E-state index in [1.54, 1.807) is 19.9 Å². The van der Waals surface area contributed by atoms with Gasteiger partial charge in [-0.1, -0.05) is 23.2 Å². The van der Waals surface area contributed by atoms with Crippen LogP contribution in [-0.4, -0.2) is 10.9 Å². The van der Waals surface area contributed by atoms with E-state index < -0.39 is 5.91 Å². The molecule has 0 aliphatic heterocycles. The minimum atomic E-state index is -0.411. The highest BCUT2D eigenvalue weighted by atomic mass is 35.5. The predicted octanol–water partition coefficient (Wildman–Crippen LogP) is 4.40. The lowest BCUT2D eigenvalue weighted by Gasteiger charge is -2.11. The second-order valence-electron chi connectivity index (χ2n) is 4.34. The van der Waals surface area contributed by atoms with Gasteiger partial charge in [0.25, 0.3) is 5.91 Å². The van der Waals surface area contributed by atoms with Gasteiger partial charge in [-0.3, -0.25) is 4.79 Å². The Morgan fingerprint density at radius 2 is 1.90 bits per heavy atom. The van der Waals surface area contributed by atoms with Crippen LogP contribution < -0.4 is 5.32 Å². The molecule has 1 N–H and O–H groups in total. The number of hydrogen-bond donors (Lipinski definition) is 1. The zero-order valence-corrected chi connectivity index (χ0v) is 12.3. The van der Waals surface area contributed by atoms with E-state index in [2.05, 4.69) is 10.3 Å². The molecule has 2 aromatic rings. The SMILES string of the molecule is Cc1cc(F)ccc1NC(=O)c1c(C)cc(Cl)nc1Cl. The molecule has 104 valence electrons. The molecule has 0 saturated carbocycles. The molecular weight excluding hydrogens is 302 g/mol. The molecule has 0 atom stereocenters. The predicted molar refractivity (Wildman–Crippen MR) is 78.1 cm³/mol. The summed E-state index contributed by atoms with van der Waals surface area (Å²) in [6, 6.07) is 5.66. The molecule has 1 aromatic carbocycles. The van der Waals surface area contributed by atoms with Crippen molar-refractivity contribution >= 4 is 34.8 Å². The first-order chi connectivity index (χ1) is 9.38. The van der Waals surface area contributed by atoms with Gasteiger partial charge in [0.2, 0.25) is 0 Å². The van der Waals surface area contributed by atoms with Gasteiger partial charge >= 0.3 is 0 Å². The number of rotatable bonds is 2. The van der Waals surface area contributed by atoms with E-state index >= 15 is 0 Å². The number of nitrogens with one attached hydrogen (secondary N) is 1. The minimum Gasteiger partial charge on any atom is -0.322 e. The molecule has 0 bridgehead atoms. The Labute approximate surface area is 125 Å². The normalized spacial score (nSPS) is 10.4. The first-order valence-electron chi connectivity index (χ1n) is 5.78. The summed E-state index contributed by atoms with van der Waals surface area (Å²) < 4.78 is 13.0. The number of amides is 1. The van der Waals surface area contributed by atoms with Crippen molar-refractivity contribution in [3.05, 3.63) is 57.1 Å². The fraction of sp³-hybridized carbons (Fsp3) is 0.143. The summed E-state index contributed by atoms with van der Waals surface area (Å²) in [6.07, 6.45) is 0. The van der Waals surface area contributed by atoms with Crippen LogP contribution in [0.15, 0.2) is 24.3 Å². The Hall–Kier alpha value is -1.65. The molecule has 3 nitrogen and oxygen atoms in total. The molecule has 1 aromatic heterocycles. The molecule has 20 heavy (non-hydrogen) atoms. The number of anilines is 1. The summed E-state index contributed by atoms with van der Waals surface area (Å²) in [6.45, 7) is 3.42. The number of benzene rings is 1. The molecule has 0 unspecified atom stereocenters. The fourth-order valence-electron chi connectivity index (χ4n) is 1.82. The van der Waals surface area contributed by atoms with E-state index in [4.69, 9.17) is 23.2 Å². The number of pyridine rings is 1. The Balaban J connectivity index is 2.33. The van der Waals surface area contributed by atoms with Crippen molar-refractivity contribution in [1.82, 2.24) is 4.98 Å². The summed E-state index contributed by atoms with van der Waals surface area (Å²) >= 11 is 11.7. The third kappa shape index (κ3) is 3.08. The van der Waals surface area contributed by atoms with Crippen LogP contribution in [0.25, 0.3) is 0 Å². The second kappa shape index (κ2) is 5.77. The summed E-state index contributed by atoms with van der Waals surface area (Å²) in [5.74, 6) is -0.769. The Bertz CT molecular complexity index is 666. The zero-order chi connectivity index (χ0) is 14.9. The lowest BCUT2D eigenvalue weighted by atomic mass is 10.1. The molecule has 0 radical (unpaired) electrons. The molecule has 1 heterocycles. The number of carbonyl (C=O) groups is 1. The van der Waals surface area contributed by atoms with E-state index in [1.165, 1.54) is 18.2 Å². The van der Waals surface area contributed by atoms with E-state index in [1.807, 2.05) is 0 Å². The number of carbonyl (C=O) groups excluding carboxylic acids is 1. The lowest BCUT2D eigenvalue weighted by Crippen LogP contribution is -2.15. The van der Waals surface area contributed by atoms with Crippen LogP contribution in [0.2, 0.25) is 10.3 Å². The van der Waals surface area contributed by atoms with Crippen molar-refractivity contribution < 1.29 is 9.18 Å². The van der Waals surface area contributed by atoms with Crippen molar-refractivity contribution in [2.75, 3.05) is 5.32 Å². The van der Waals surface area contributed by atoms with Gasteiger partial charge in [0.1, 0.15) is 16.1 Å². The van der Waals surface area contributed by atoms with Crippen LogP contribution in [0.4, 0.5) is 10.1 Å². The summed E-state index contributed by atoms with van der Waals surface area (Å²) in [4.78, 5) is 16.1. The maximum Gasteiger partial charge on any atom is 0.259 e. The quantitative estimate of drug-likeness (QED) is 0.835. The first kappa shape index (κ1) is 14.8. The number of aromatic nitrogens is 1. The average Bonchev–Trinajstić information content (AvgIpc) is 2.31. The Morgan fingerprint density at radius 1 is 1.20 bits per heavy atom. The smallest absolute Gasteiger partial charge is 0.259 e. The molecule has 0 spiro atoms. The van der Waals surface area contributed by atoms with E-state index in [0.717, 1.165) is 0 Å². The Morgan fingerprint density at radius 3 is 2.50 bits per heavy atom. The lowest BCUT2D eigenvalue weighted by molar-refractivity contribution is 0.102. The summed E-state index contributed by atoms with van der Waals surface area (Å²) in [5, 5.41) is 2.94. The molecular formula is C14H11Cl2FN2O. The highest BCUT2D eigenvalue weighted by molar-refractivity contribution is 6.35. The number of nitrogens with zero attached hydrogens (tertiary/aromatic N) is 1. The Kier molecular flexibility index (Phi) is 4.26. The maximum absolute atomic E-state index is 13.0. The number of aryl methyl sites for hydroxylation is 2.